The fourth-order valence-corrected chi connectivity index (χ4v) is 2.79. The van der Waals surface area contributed by atoms with Crippen LogP contribution in [0.15, 0.2) is 0 Å². The molecule has 0 bridgehead atoms. The molecule has 0 saturated carbocycles. The molecule has 0 spiro atoms. The van der Waals surface area contributed by atoms with Gasteiger partial charge in [-0.2, -0.15) is 0 Å². The zero-order valence-electron chi connectivity index (χ0n) is 14.0. The molecule has 0 aliphatic rings. The molecule has 1 atom stereocenters. The lowest BCUT2D eigenvalue weighted by Gasteiger charge is -2.35. The molecule has 0 aliphatic carbocycles. The van der Waals surface area contributed by atoms with E-state index >= 15 is 0 Å². The molecule has 0 radical (unpaired) electrons. The maximum atomic E-state index is 5.76. The van der Waals surface area contributed by atoms with Crippen LogP contribution in [-0.2, 0) is 0 Å². The molecular formula is C15H38N6. The Kier molecular flexibility index (Phi) is 14.5. The van der Waals surface area contributed by atoms with Crippen molar-refractivity contribution >= 4 is 0 Å². The van der Waals surface area contributed by atoms with Gasteiger partial charge in [0.25, 0.3) is 0 Å². The van der Waals surface area contributed by atoms with Crippen LogP contribution in [0.3, 0.4) is 0 Å². The van der Waals surface area contributed by atoms with Gasteiger partial charge in [-0.15, -0.1) is 0 Å². The minimum atomic E-state index is 0.502. The highest BCUT2D eigenvalue weighted by Crippen LogP contribution is 2.11. The summed E-state index contributed by atoms with van der Waals surface area (Å²) >= 11 is 0. The normalized spacial score (nSPS) is 13.3. The van der Waals surface area contributed by atoms with Crippen molar-refractivity contribution in [3.8, 4) is 0 Å². The Morgan fingerprint density at radius 1 is 0.762 bits per heavy atom. The van der Waals surface area contributed by atoms with Crippen molar-refractivity contribution in [3.05, 3.63) is 0 Å². The molecule has 0 saturated heterocycles. The van der Waals surface area contributed by atoms with Crippen molar-refractivity contribution in [2.45, 2.75) is 38.6 Å². The van der Waals surface area contributed by atoms with Crippen molar-refractivity contribution in [1.82, 2.24) is 9.80 Å². The van der Waals surface area contributed by atoms with Crippen molar-refractivity contribution < 1.29 is 0 Å². The summed E-state index contributed by atoms with van der Waals surface area (Å²) in [5.74, 6) is 0. The molecule has 0 aromatic carbocycles. The van der Waals surface area contributed by atoms with Gasteiger partial charge in [0.15, 0.2) is 0 Å². The van der Waals surface area contributed by atoms with Gasteiger partial charge in [-0.3, -0.25) is 9.80 Å². The van der Waals surface area contributed by atoms with Crippen LogP contribution in [0.4, 0.5) is 0 Å². The van der Waals surface area contributed by atoms with Gasteiger partial charge in [0.1, 0.15) is 0 Å². The lowest BCUT2D eigenvalue weighted by atomic mass is 10.1. The van der Waals surface area contributed by atoms with Crippen LogP contribution < -0.4 is 22.9 Å². The summed E-state index contributed by atoms with van der Waals surface area (Å²) in [5.41, 5.74) is 23.0. The molecule has 1 unspecified atom stereocenters. The summed E-state index contributed by atoms with van der Waals surface area (Å²) < 4.78 is 0. The first kappa shape index (κ1) is 20.8. The number of unbranched alkanes of at least 4 members (excludes halogenated alkanes) is 2. The second kappa shape index (κ2) is 14.7. The topological polar surface area (TPSA) is 111 Å². The average molecular weight is 303 g/mol. The standard InChI is InChI=1S/C15H38N6/c1-2-3-4-5-15(21(12-8-18)13-9-19)14-20(10-6-16)11-7-17/h15H,2-14,16-19H2,1H3. The molecular weight excluding hydrogens is 264 g/mol. The van der Waals surface area contributed by atoms with E-state index in [1.165, 1.54) is 25.7 Å². The van der Waals surface area contributed by atoms with Crippen LogP contribution in [0.25, 0.3) is 0 Å². The number of hydrogen-bond acceptors (Lipinski definition) is 6. The predicted octanol–water partition coefficient (Wildman–Crippen LogP) is -0.626. The summed E-state index contributed by atoms with van der Waals surface area (Å²) in [6, 6.07) is 0.502. The molecule has 21 heavy (non-hydrogen) atoms. The first-order chi connectivity index (χ1) is 10.2. The van der Waals surface area contributed by atoms with Crippen LogP contribution in [0, 0.1) is 0 Å². The van der Waals surface area contributed by atoms with Crippen LogP contribution >= 0.6 is 0 Å². The Bertz CT molecular complexity index is 202. The van der Waals surface area contributed by atoms with E-state index in [0.717, 1.165) is 32.7 Å². The van der Waals surface area contributed by atoms with E-state index in [2.05, 4.69) is 16.7 Å². The molecule has 0 aromatic rings. The summed E-state index contributed by atoms with van der Waals surface area (Å²) in [6.07, 6.45) is 4.98. The smallest absolute Gasteiger partial charge is 0.0224 e. The fraction of sp³-hybridized carbons (Fsp3) is 1.00. The van der Waals surface area contributed by atoms with E-state index in [-0.39, 0.29) is 0 Å². The van der Waals surface area contributed by atoms with Crippen molar-refractivity contribution in [2.75, 3.05) is 58.9 Å². The van der Waals surface area contributed by atoms with Crippen LogP contribution in [0.2, 0.25) is 0 Å². The zero-order valence-corrected chi connectivity index (χ0v) is 14.0. The Morgan fingerprint density at radius 2 is 1.29 bits per heavy atom. The molecule has 0 amide bonds. The lowest BCUT2D eigenvalue weighted by molar-refractivity contribution is 0.137. The number of hydrogen-bond donors (Lipinski definition) is 4. The molecule has 128 valence electrons. The fourth-order valence-electron chi connectivity index (χ4n) is 2.79. The second-order valence-electron chi connectivity index (χ2n) is 5.64. The van der Waals surface area contributed by atoms with Crippen LogP contribution in [0.5, 0.6) is 0 Å². The Labute approximate surface area is 131 Å². The van der Waals surface area contributed by atoms with Crippen LogP contribution in [0.1, 0.15) is 32.6 Å². The third-order valence-corrected chi connectivity index (χ3v) is 3.85. The summed E-state index contributed by atoms with van der Waals surface area (Å²) in [4.78, 5) is 4.81. The lowest BCUT2D eigenvalue weighted by Crippen LogP contribution is -2.49. The highest BCUT2D eigenvalue weighted by molar-refractivity contribution is 4.77. The van der Waals surface area contributed by atoms with Gasteiger partial charge in [-0.25, -0.2) is 0 Å². The van der Waals surface area contributed by atoms with Crippen molar-refractivity contribution in [3.63, 3.8) is 0 Å². The predicted molar refractivity (Wildman–Crippen MR) is 92.2 cm³/mol. The quantitative estimate of drug-likeness (QED) is 0.300. The van der Waals surface area contributed by atoms with Crippen molar-refractivity contribution in [1.29, 1.82) is 0 Å². The van der Waals surface area contributed by atoms with Gasteiger partial charge < -0.3 is 22.9 Å². The maximum Gasteiger partial charge on any atom is 0.0224 e. The van der Waals surface area contributed by atoms with E-state index in [9.17, 15) is 0 Å². The van der Waals surface area contributed by atoms with Gasteiger partial charge in [0.05, 0.1) is 0 Å². The Balaban J connectivity index is 4.64. The molecule has 0 rings (SSSR count). The Hall–Kier alpha value is -0.240. The summed E-state index contributed by atoms with van der Waals surface area (Å²) in [7, 11) is 0. The number of rotatable bonds is 15. The molecule has 6 heteroatoms. The van der Waals surface area contributed by atoms with Gasteiger partial charge in [-0.1, -0.05) is 26.2 Å². The molecule has 0 aromatic heterocycles. The second-order valence-corrected chi connectivity index (χ2v) is 5.64. The molecule has 0 fully saturated rings. The monoisotopic (exact) mass is 302 g/mol. The third kappa shape index (κ3) is 10.2. The molecule has 0 heterocycles. The van der Waals surface area contributed by atoms with Crippen LogP contribution in [-0.4, -0.2) is 74.7 Å². The number of nitrogens with zero attached hydrogens (tertiary/aromatic N) is 2. The van der Waals surface area contributed by atoms with E-state index in [1.807, 2.05) is 0 Å². The average Bonchev–Trinajstić information content (AvgIpc) is 2.46. The molecule has 6 nitrogen and oxygen atoms in total. The van der Waals surface area contributed by atoms with E-state index in [1.54, 1.807) is 0 Å². The summed E-state index contributed by atoms with van der Waals surface area (Å²) in [5, 5.41) is 0. The summed E-state index contributed by atoms with van der Waals surface area (Å²) in [6.45, 7) is 9.59. The van der Waals surface area contributed by atoms with Gasteiger partial charge in [-0.05, 0) is 6.42 Å². The van der Waals surface area contributed by atoms with E-state index < -0.39 is 0 Å². The zero-order chi connectivity index (χ0) is 15.9. The SMILES string of the molecule is CCCCCC(CN(CCN)CCN)N(CCN)CCN. The van der Waals surface area contributed by atoms with E-state index in [4.69, 9.17) is 22.9 Å². The molecule has 0 aliphatic heterocycles. The van der Waals surface area contributed by atoms with Gasteiger partial charge in [0, 0.05) is 64.9 Å². The minimum Gasteiger partial charge on any atom is -0.329 e. The first-order valence-electron chi connectivity index (χ1n) is 8.50. The highest BCUT2D eigenvalue weighted by Gasteiger charge is 2.19. The van der Waals surface area contributed by atoms with Gasteiger partial charge >= 0.3 is 0 Å². The largest absolute Gasteiger partial charge is 0.329 e. The van der Waals surface area contributed by atoms with Crippen molar-refractivity contribution in [2.24, 2.45) is 22.9 Å². The highest BCUT2D eigenvalue weighted by atomic mass is 15.2. The first-order valence-corrected chi connectivity index (χ1v) is 8.50. The molecule has 8 N–H and O–H groups in total. The third-order valence-electron chi connectivity index (χ3n) is 3.85. The van der Waals surface area contributed by atoms with E-state index in [0.29, 0.717) is 32.2 Å². The maximum absolute atomic E-state index is 5.76. The number of nitrogens with two attached hydrogens (primary N) is 4. The van der Waals surface area contributed by atoms with Gasteiger partial charge in [0.2, 0.25) is 0 Å². The minimum absolute atomic E-state index is 0.502. The Morgan fingerprint density at radius 3 is 1.71 bits per heavy atom.